The van der Waals surface area contributed by atoms with Gasteiger partial charge in [0.15, 0.2) is 5.60 Å². The molecule has 0 spiro atoms. The van der Waals surface area contributed by atoms with Crippen LogP contribution in [0.2, 0.25) is 0 Å². The van der Waals surface area contributed by atoms with Gasteiger partial charge in [0.25, 0.3) is 5.91 Å². The predicted octanol–water partition coefficient (Wildman–Crippen LogP) is -0.541. The second-order valence-corrected chi connectivity index (χ2v) is 3.79. The van der Waals surface area contributed by atoms with E-state index in [0.717, 1.165) is 0 Å². The Hall–Kier alpha value is -0.460. The Morgan fingerprint density at radius 2 is 2.17 bits per heavy atom. The molecule has 1 amide bonds. The van der Waals surface area contributed by atoms with Crippen LogP contribution in [-0.4, -0.2) is 41.3 Å². The third-order valence-corrected chi connectivity index (χ3v) is 2.36. The summed E-state index contributed by atoms with van der Waals surface area (Å²) in [5.74, 6) is -0.242. The lowest BCUT2D eigenvalue weighted by Gasteiger charge is -2.22. The van der Waals surface area contributed by atoms with Gasteiger partial charge in [-0.25, -0.2) is 4.18 Å². The molecule has 2 atom stereocenters. The second-order valence-electron chi connectivity index (χ2n) is 2.98. The van der Waals surface area contributed by atoms with E-state index >= 15 is 0 Å². The summed E-state index contributed by atoms with van der Waals surface area (Å²) < 4.78 is 20.2. The number of nitrogens with zero attached hydrogens (tertiary/aromatic N) is 1. The quantitative estimate of drug-likeness (QED) is 0.561. The van der Waals surface area contributed by atoms with Gasteiger partial charge in [-0.2, -0.15) is 4.21 Å². The summed E-state index contributed by atoms with van der Waals surface area (Å²) in [5.41, 5.74) is -1.09. The van der Waals surface area contributed by atoms with Crippen molar-refractivity contribution >= 4 is 17.3 Å². The van der Waals surface area contributed by atoms with E-state index < -0.39 is 17.0 Å². The van der Waals surface area contributed by atoms with Crippen molar-refractivity contribution in [3.63, 3.8) is 0 Å². The molecule has 0 bridgehead atoms. The van der Waals surface area contributed by atoms with Gasteiger partial charge in [0, 0.05) is 14.1 Å². The molecule has 0 saturated carbocycles. The Balaban J connectivity index is 2.73. The van der Waals surface area contributed by atoms with Crippen LogP contribution in [0.25, 0.3) is 0 Å². The molecule has 2 unspecified atom stereocenters. The van der Waals surface area contributed by atoms with Gasteiger partial charge < -0.3 is 4.90 Å². The van der Waals surface area contributed by atoms with E-state index in [-0.39, 0.29) is 12.5 Å². The molecular weight excluding hydrogens is 182 g/mol. The lowest BCUT2D eigenvalue weighted by atomic mass is 10.1. The molecule has 0 aromatic rings. The van der Waals surface area contributed by atoms with Crippen LogP contribution in [0.15, 0.2) is 0 Å². The van der Waals surface area contributed by atoms with E-state index in [4.69, 9.17) is 4.18 Å². The van der Waals surface area contributed by atoms with Crippen molar-refractivity contribution in [2.75, 3.05) is 20.7 Å². The molecule has 1 saturated heterocycles. The highest BCUT2D eigenvalue weighted by molar-refractivity contribution is 7.75. The summed E-state index contributed by atoms with van der Waals surface area (Å²) in [6.07, 6.45) is 0. The fraction of sp³-hybridized carbons (Fsp3) is 0.833. The topological polar surface area (TPSA) is 55.8 Å². The molecule has 0 aromatic carbocycles. The predicted molar refractivity (Wildman–Crippen MR) is 42.3 cm³/mol. The zero-order chi connectivity index (χ0) is 9.35. The minimum atomic E-state index is -1.78. The SMILES string of the molecule is CN(C)C(=O)C1(C)COS(=O)O1. The van der Waals surface area contributed by atoms with Crippen molar-refractivity contribution in [1.82, 2.24) is 4.90 Å². The first-order valence-electron chi connectivity index (χ1n) is 3.42. The monoisotopic (exact) mass is 193 g/mol. The first-order chi connectivity index (χ1) is 5.46. The number of likely N-dealkylation sites (N-methyl/N-ethyl adjacent to an activating group) is 1. The molecule has 1 rings (SSSR count). The smallest absolute Gasteiger partial charge is 0.305 e. The van der Waals surface area contributed by atoms with Crippen LogP contribution in [0.4, 0.5) is 0 Å². The molecular formula is C6H11NO4S. The van der Waals surface area contributed by atoms with Gasteiger partial charge in [0.05, 0.1) is 0 Å². The van der Waals surface area contributed by atoms with Gasteiger partial charge in [0.1, 0.15) is 6.61 Å². The van der Waals surface area contributed by atoms with Crippen LogP contribution < -0.4 is 0 Å². The summed E-state index contributed by atoms with van der Waals surface area (Å²) in [6.45, 7) is 1.59. The standard InChI is InChI=1S/C6H11NO4S/c1-6(5(8)7(2)3)4-10-12(9)11-6/h4H2,1-3H3. The highest BCUT2D eigenvalue weighted by Gasteiger charge is 2.44. The molecule has 5 nitrogen and oxygen atoms in total. The maximum Gasteiger partial charge on any atom is 0.305 e. The van der Waals surface area contributed by atoms with Gasteiger partial charge in [0.2, 0.25) is 0 Å². The lowest BCUT2D eigenvalue weighted by Crippen LogP contribution is -2.45. The molecule has 0 aliphatic carbocycles. The van der Waals surface area contributed by atoms with Crippen molar-refractivity contribution in [1.29, 1.82) is 0 Å². The zero-order valence-corrected chi connectivity index (χ0v) is 8.01. The Kier molecular flexibility index (Phi) is 2.50. The number of carbonyl (C=O) groups is 1. The van der Waals surface area contributed by atoms with Crippen molar-refractivity contribution in [2.45, 2.75) is 12.5 Å². The Morgan fingerprint density at radius 3 is 2.50 bits per heavy atom. The normalized spacial score (nSPS) is 35.1. The van der Waals surface area contributed by atoms with Crippen LogP contribution in [0.3, 0.4) is 0 Å². The van der Waals surface area contributed by atoms with E-state index in [9.17, 15) is 9.00 Å². The van der Waals surface area contributed by atoms with Crippen molar-refractivity contribution in [3.05, 3.63) is 0 Å². The van der Waals surface area contributed by atoms with Gasteiger partial charge in [-0.3, -0.25) is 8.98 Å². The Morgan fingerprint density at radius 1 is 1.58 bits per heavy atom. The molecule has 0 aromatic heterocycles. The Labute approximate surface area is 73.5 Å². The molecule has 1 heterocycles. The van der Waals surface area contributed by atoms with Gasteiger partial charge in [-0.05, 0) is 6.92 Å². The van der Waals surface area contributed by atoms with Gasteiger partial charge in [-0.1, -0.05) is 0 Å². The van der Waals surface area contributed by atoms with E-state index in [2.05, 4.69) is 4.18 Å². The molecule has 0 radical (unpaired) electrons. The largest absolute Gasteiger partial charge is 0.346 e. The number of hydrogen-bond donors (Lipinski definition) is 0. The summed E-state index contributed by atoms with van der Waals surface area (Å²) in [5, 5.41) is 0. The molecule has 1 aliphatic heterocycles. The van der Waals surface area contributed by atoms with Crippen LogP contribution in [0, 0.1) is 0 Å². The first kappa shape index (κ1) is 9.63. The number of amides is 1. The van der Waals surface area contributed by atoms with Crippen molar-refractivity contribution in [2.24, 2.45) is 0 Å². The zero-order valence-electron chi connectivity index (χ0n) is 7.20. The number of rotatable bonds is 1. The maximum absolute atomic E-state index is 11.4. The summed E-state index contributed by atoms with van der Waals surface area (Å²) in [6, 6.07) is 0. The van der Waals surface area contributed by atoms with Crippen LogP contribution in [-0.2, 0) is 24.5 Å². The molecule has 6 heteroatoms. The number of carbonyl (C=O) groups excluding carboxylic acids is 1. The van der Waals surface area contributed by atoms with Crippen LogP contribution in [0.1, 0.15) is 6.92 Å². The molecule has 1 fully saturated rings. The van der Waals surface area contributed by atoms with Gasteiger partial charge in [-0.15, -0.1) is 0 Å². The molecule has 12 heavy (non-hydrogen) atoms. The number of hydrogen-bond acceptors (Lipinski definition) is 4. The van der Waals surface area contributed by atoms with E-state index in [1.807, 2.05) is 0 Å². The summed E-state index contributed by atoms with van der Waals surface area (Å²) >= 11 is -1.78. The highest BCUT2D eigenvalue weighted by Crippen LogP contribution is 2.22. The first-order valence-corrected chi connectivity index (χ1v) is 4.42. The summed E-state index contributed by atoms with van der Waals surface area (Å²) in [4.78, 5) is 12.8. The average molecular weight is 193 g/mol. The van der Waals surface area contributed by atoms with Crippen LogP contribution >= 0.6 is 0 Å². The lowest BCUT2D eigenvalue weighted by molar-refractivity contribution is -0.142. The Bertz CT molecular complexity index is 230. The van der Waals surface area contributed by atoms with E-state index in [1.54, 1.807) is 21.0 Å². The minimum absolute atomic E-state index is 0.0383. The fourth-order valence-corrected chi connectivity index (χ4v) is 1.72. The molecule has 1 aliphatic rings. The molecule has 70 valence electrons. The van der Waals surface area contributed by atoms with Crippen molar-refractivity contribution in [3.8, 4) is 0 Å². The average Bonchev–Trinajstić information content (AvgIpc) is 2.31. The van der Waals surface area contributed by atoms with E-state index in [1.165, 1.54) is 4.90 Å². The molecule has 0 N–H and O–H groups in total. The van der Waals surface area contributed by atoms with E-state index in [0.29, 0.717) is 0 Å². The fourth-order valence-electron chi connectivity index (χ4n) is 0.929. The highest BCUT2D eigenvalue weighted by atomic mass is 32.2. The van der Waals surface area contributed by atoms with Gasteiger partial charge >= 0.3 is 11.4 Å². The maximum atomic E-state index is 11.4. The summed E-state index contributed by atoms with van der Waals surface area (Å²) in [7, 11) is 3.22. The van der Waals surface area contributed by atoms with Crippen LogP contribution in [0.5, 0.6) is 0 Å². The van der Waals surface area contributed by atoms with Crippen molar-refractivity contribution < 1.29 is 17.4 Å². The third kappa shape index (κ3) is 1.65. The minimum Gasteiger partial charge on any atom is -0.346 e. The second kappa shape index (κ2) is 3.12. The third-order valence-electron chi connectivity index (χ3n) is 1.54.